The van der Waals surface area contributed by atoms with Gasteiger partial charge in [0.25, 0.3) is 11.8 Å². The molecule has 0 fully saturated rings. The maximum Gasteiger partial charge on any atom is 0.338 e. The molecule has 1 aliphatic heterocycles. The molecule has 0 atom stereocenters. The van der Waals surface area contributed by atoms with E-state index in [9.17, 15) is 14.4 Å². The van der Waals surface area contributed by atoms with Crippen LogP contribution in [0.1, 0.15) is 79.7 Å². The van der Waals surface area contributed by atoms with E-state index in [1.807, 2.05) is 32.9 Å². The van der Waals surface area contributed by atoms with Gasteiger partial charge < -0.3 is 4.74 Å². The fourth-order valence-electron chi connectivity index (χ4n) is 4.28. The van der Waals surface area contributed by atoms with Gasteiger partial charge in [0.15, 0.2) is 0 Å². The van der Waals surface area contributed by atoms with Crippen LogP contribution >= 0.6 is 0 Å². The van der Waals surface area contributed by atoms with Crippen molar-refractivity contribution in [2.24, 2.45) is 0 Å². The number of aryl methyl sites for hydroxylation is 3. The number of imide groups is 1. The zero-order valence-corrected chi connectivity index (χ0v) is 20.5. The molecular formula is C29H29NO4. The largest absolute Gasteiger partial charge is 0.457 e. The molecule has 0 aromatic heterocycles. The minimum atomic E-state index is -0.531. The molecule has 0 saturated carbocycles. The van der Waals surface area contributed by atoms with Crippen LogP contribution in [0.4, 0.5) is 5.69 Å². The fraction of sp³-hybridized carbons (Fsp3) is 0.276. The van der Waals surface area contributed by atoms with Crippen LogP contribution in [-0.2, 0) is 16.8 Å². The second-order valence-corrected chi connectivity index (χ2v) is 9.91. The average molecular weight is 456 g/mol. The van der Waals surface area contributed by atoms with Crippen molar-refractivity contribution in [2.45, 2.75) is 53.6 Å². The van der Waals surface area contributed by atoms with E-state index in [1.165, 1.54) is 28.7 Å². The predicted molar refractivity (Wildman–Crippen MR) is 132 cm³/mol. The Morgan fingerprint density at radius 3 is 2.06 bits per heavy atom. The summed E-state index contributed by atoms with van der Waals surface area (Å²) in [4.78, 5) is 40.0. The molecule has 0 bridgehead atoms. The summed E-state index contributed by atoms with van der Waals surface area (Å²) in [6, 6.07) is 16.0. The van der Waals surface area contributed by atoms with Crippen molar-refractivity contribution in [1.29, 1.82) is 0 Å². The molecule has 0 saturated heterocycles. The van der Waals surface area contributed by atoms with Crippen LogP contribution in [0.15, 0.2) is 54.6 Å². The summed E-state index contributed by atoms with van der Waals surface area (Å²) in [5.74, 6) is -1.36. The van der Waals surface area contributed by atoms with E-state index < -0.39 is 11.9 Å². The normalized spacial score (nSPS) is 13.3. The summed E-state index contributed by atoms with van der Waals surface area (Å²) < 4.78 is 5.60. The number of rotatable bonds is 4. The molecular weight excluding hydrogens is 426 g/mol. The Balaban J connectivity index is 1.55. The van der Waals surface area contributed by atoms with Crippen molar-refractivity contribution in [3.8, 4) is 0 Å². The molecule has 0 unspecified atom stereocenters. The van der Waals surface area contributed by atoms with E-state index in [-0.39, 0.29) is 34.6 Å². The number of esters is 1. The maximum atomic E-state index is 13.1. The second kappa shape index (κ2) is 8.56. The van der Waals surface area contributed by atoms with Gasteiger partial charge in [-0.05, 0) is 78.3 Å². The van der Waals surface area contributed by atoms with Gasteiger partial charge in [-0.3, -0.25) is 9.59 Å². The summed E-state index contributed by atoms with van der Waals surface area (Å²) in [7, 11) is 0. The van der Waals surface area contributed by atoms with Gasteiger partial charge in [0.1, 0.15) is 6.61 Å². The van der Waals surface area contributed by atoms with Gasteiger partial charge in [0, 0.05) is 0 Å². The Morgan fingerprint density at radius 2 is 1.44 bits per heavy atom. The van der Waals surface area contributed by atoms with Crippen molar-refractivity contribution in [1.82, 2.24) is 0 Å². The Hall–Kier alpha value is -3.73. The van der Waals surface area contributed by atoms with Gasteiger partial charge in [0.05, 0.1) is 22.4 Å². The highest BCUT2D eigenvalue weighted by Crippen LogP contribution is 2.31. The van der Waals surface area contributed by atoms with Crippen molar-refractivity contribution in [2.75, 3.05) is 4.90 Å². The minimum absolute atomic E-state index is 0.0330. The third-order valence-corrected chi connectivity index (χ3v) is 6.39. The number of nitrogens with zero attached hydrogens (tertiary/aromatic N) is 1. The Bertz CT molecular complexity index is 1310. The quantitative estimate of drug-likeness (QED) is 0.354. The van der Waals surface area contributed by atoms with Gasteiger partial charge in [-0.15, -0.1) is 0 Å². The van der Waals surface area contributed by atoms with Crippen molar-refractivity contribution in [3.63, 3.8) is 0 Å². The van der Waals surface area contributed by atoms with Crippen LogP contribution in [0.5, 0.6) is 0 Å². The molecule has 4 rings (SSSR count). The average Bonchev–Trinajstić information content (AvgIpc) is 3.02. The summed E-state index contributed by atoms with van der Waals surface area (Å²) in [6.45, 7) is 12.5. The topological polar surface area (TPSA) is 63.7 Å². The van der Waals surface area contributed by atoms with Gasteiger partial charge >= 0.3 is 5.97 Å². The number of benzene rings is 3. The van der Waals surface area contributed by atoms with Crippen LogP contribution in [0.3, 0.4) is 0 Å². The van der Waals surface area contributed by atoms with Crippen LogP contribution in [0.25, 0.3) is 0 Å². The van der Waals surface area contributed by atoms with Crippen molar-refractivity contribution >= 4 is 23.5 Å². The Labute approximate surface area is 200 Å². The molecule has 0 aliphatic carbocycles. The van der Waals surface area contributed by atoms with E-state index in [0.717, 1.165) is 22.3 Å². The number of anilines is 1. The highest BCUT2D eigenvalue weighted by atomic mass is 16.5. The summed E-state index contributed by atoms with van der Waals surface area (Å²) in [5.41, 5.74) is 6.49. The van der Waals surface area contributed by atoms with Crippen LogP contribution in [0, 0.1) is 20.8 Å². The maximum absolute atomic E-state index is 13.1. The lowest BCUT2D eigenvalue weighted by Gasteiger charge is -2.22. The number of amides is 2. The van der Waals surface area contributed by atoms with Gasteiger partial charge in [-0.2, -0.15) is 0 Å². The summed E-state index contributed by atoms with van der Waals surface area (Å²) >= 11 is 0. The van der Waals surface area contributed by atoms with E-state index in [2.05, 4.69) is 32.9 Å². The van der Waals surface area contributed by atoms with Crippen LogP contribution in [-0.4, -0.2) is 17.8 Å². The monoisotopic (exact) mass is 455 g/mol. The number of carbonyl (C=O) groups is 3. The molecule has 0 radical (unpaired) electrons. The first-order valence-electron chi connectivity index (χ1n) is 11.3. The van der Waals surface area contributed by atoms with E-state index in [1.54, 1.807) is 12.1 Å². The van der Waals surface area contributed by atoms with E-state index in [0.29, 0.717) is 5.69 Å². The third kappa shape index (κ3) is 4.14. The smallest absolute Gasteiger partial charge is 0.338 e. The van der Waals surface area contributed by atoms with E-state index in [4.69, 9.17) is 4.74 Å². The lowest BCUT2D eigenvalue weighted by molar-refractivity contribution is 0.0471. The molecule has 1 aliphatic rings. The highest BCUT2D eigenvalue weighted by molar-refractivity contribution is 6.34. The number of hydrogen-bond acceptors (Lipinski definition) is 4. The molecule has 3 aromatic carbocycles. The molecule has 3 aromatic rings. The molecule has 34 heavy (non-hydrogen) atoms. The van der Waals surface area contributed by atoms with Gasteiger partial charge in [0.2, 0.25) is 0 Å². The molecule has 5 heteroatoms. The van der Waals surface area contributed by atoms with Crippen LogP contribution < -0.4 is 4.90 Å². The Kier molecular flexibility index (Phi) is 5.90. The predicted octanol–water partition coefficient (Wildman–Crippen LogP) is 6.07. The number of ether oxygens (including phenoxy) is 1. The number of para-hydroxylation sites is 1. The van der Waals surface area contributed by atoms with Gasteiger partial charge in [-0.25, -0.2) is 9.69 Å². The summed E-state index contributed by atoms with van der Waals surface area (Å²) in [6.07, 6.45) is 0. The summed E-state index contributed by atoms with van der Waals surface area (Å²) in [5, 5.41) is 0. The number of carbonyl (C=O) groups excluding carboxylic acids is 3. The fourth-order valence-corrected chi connectivity index (χ4v) is 4.28. The molecule has 2 amide bonds. The third-order valence-electron chi connectivity index (χ3n) is 6.39. The second-order valence-electron chi connectivity index (χ2n) is 9.91. The van der Waals surface area contributed by atoms with Crippen LogP contribution in [0.2, 0.25) is 0 Å². The van der Waals surface area contributed by atoms with Crippen molar-refractivity contribution < 1.29 is 19.1 Å². The number of hydrogen-bond donors (Lipinski definition) is 0. The molecule has 0 spiro atoms. The highest BCUT2D eigenvalue weighted by Gasteiger charge is 2.37. The lowest BCUT2D eigenvalue weighted by atomic mass is 9.84. The van der Waals surface area contributed by atoms with E-state index >= 15 is 0 Å². The minimum Gasteiger partial charge on any atom is -0.457 e. The zero-order valence-electron chi connectivity index (χ0n) is 20.5. The SMILES string of the molecule is Cc1ccccc1N1C(=O)c2ccc(C(=O)OCc3c(C)cc(C(C)(C)C)cc3C)cc2C1=O. The Morgan fingerprint density at radius 1 is 0.824 bits per heavy atom. The molecule has 0 N–H and O–H groups in total. The lowest BCUT2D eigenvalue weighted by Crippen LogP contribution is -2.29. The molecule has 174 valence electrons. The zero-order chi connectivity index (χ0) is 24.8. The number of fused-ring (bicyclic) bond motifs is 1. The molecule has 1 heterocycles. The van der Waals surface area contributed by atoms with Gasteiger partial charge in [-0.1, -0.05) is 51.1 Å². The first kappa shape index (κ1) is 23.4. The first-order chi connectivity index (χ1) is 16.0. The molecule has 5 nitrogen and oxygen atoms in total. The first-order valence-corrected chi connectivity index (χ1v) is 11.3. The van der Waals surface area contributed by atoms with Crippen molar-refractivity contribution in [3.05, 3.63) is 99.1 Å². The standard InChI is InChI=1S/C29H29NO4/c1-17-9-7-8-10-25(17)30-26(31)22-12-11-20(15-23(22)27(30)32)28(33)34-16-24-18(2)13-21(14-19(24)3)29(4,5)6/h7-15H,16H2,1-6H3.